The van der Waals surface area contributed by atoms with Gasteiger partial charge in [-0.15, -0.1) is 0 Å². The van der Waals surface area contributed by atoms with Gasteiger partial charge in [0, 0.05) is 11.1 Å². The molecule has 0 spiro atoms. The van der Waals surface area contributed by atoms with E-state index in [4.69, 9.17) is 0 Å². The second kappa shape index (κ2) is 5.07. The molecule has 7 heteroatoms. The van der Waals surface area contributed by atoms with E-state index < -0.39 is 21.4 Å². The van der Waals surface area contributed by atoms with E-state index in [1.807, 2.05) is 0 Å². The summed E-state index contributed by atoms with van der Waals surface area (Å²) in [4.78, 5) is 10.6. The quantitative estimate of drug-likeness (QED) is 0.862. The van der Waals surface area contributed by atoms with Crippen LogP contribution in [0.3, 0.4) is 0 Å². The highest BCUT2D eigenvalue weighted by Crippen LogP contribution is 2.24. The van der Waals surface area contributed by atoms with Crippen molar-refractivity contribution in [1.82, 2.24) is 4.72 Å². The Labute approximate surface area is 114 Å². The maximum absolute atomic E-state index is 13.3. The molecule has 0 saturated carbocycles. The topological polar surface area (TPSA) is 63.2 Å². The molecule has 0 aromatic heterocycles. The van der Waals surface area contributed by atoms with E-state index in [1.54, 1.807) is 20.8 Å². The van der Waals surface area contributed by atoms with Gasteiger partial charge in [0.05, 0.1) is 9.37 Å². The number of hydrogen-bond donors (Lipinski definition) is 1. The molecule has 0 heterocycles. The number of carbonyl (C=O) groups is 1. The number of sulfonamides is 1. The van der Waals surface area contributed by atoms with Crippen LogP contribution in [0.5, 0.6) is 0 Å². The smallest absolute Gasteiger partial charge is 0.241 e. The first-order valence-corrected chi connectivity index (χ1v) is 7.32. The van der Waals surface area contributed by atoms with E-state index in [0.29, 0.717) is 6.29 Å². The zero-order valence-corrected chi connectivity index (χ0v) is 12.5. The van der Waals surface area contributed by atoms with E-state index >= 15 is 0 Å². The van der Waals surface area contributed by atoms with Crippen molar-refractivity contribution in [2.45, 2.75) is 31.2 Å². The minimum atomic E-state index is -3.88. The van der Waals surface area contributed by atoms with Crippen LogP contribution in [0.1, 0.15) is 31.1 Å². The summed E-state index contributed by atoms with van der Waals surface area (Å²) in [5.41, 5.74) is -0.910. The molecule has 1 rings (SSSR count). The van der Waals surface area contributed by atoms with Crippen LogP contribution in [-0.4, -0.2) is 20.2 Å². The molecular formula is C11H13BrFNO3S. The van der Waals surface area contributed by atoms with Gasteiger partial charge in [-0.3, -0.25) is 4.79 Å². The van der Waals surface area contributed by atoms with Crippen LogP contribution in [0.4, 0.5) is 4.39 Å². The van der Waals surface area contributed by atoms with Crippen LogP contribution in [0.25, 0.3) is 0 Å². The molecule has 0 saturated heterocycles. The Hall–Kier alpha value is -0.790. The third kappa shape index (κ3) is 3.60. The van der Waals surface area contributed by atoms with E-state index in [0.717, 1.165) is 12.1 Å². The third-order valence-corrected chi connectivity index (χ3v) is 4.33. The fourth-order valence-corrected chi connectivity index (χ4v) is 3.43. The average molecular weight is 338 g/mol. The van der Waals surface area contributed by atoms with Gasteiger partial charge >= 0.3 is 0 Å². The van der Waals surface area contributed by atoms with E-state index in [2.05, 4.69) is 20.7 Å². The van der Waals surface area contributed by atoms with Gasteiger partial charge < -0.3 is 0 Å². The molecule has 0 bridgehead atoms. The minimum absolute atomic E-state index is 0.0117. The fraction of sp³-hybridized carbons (Fsp3) is 0.364. The molecule has 18 heavy (non-hydrogen) atoms. The monoisotopic (exact) mass is 337 g/mol. The zero-order valence-electron chi connectivity index (χ0n) is 10.1. The van der Waals surface area contributed by atoms with Crippen LogP contribution in [0.2, 0.25) is 0 Å². The highest BCUT2D eigenvalue weighted by molar-refractivity contribution is 9.10. The van der Waals surface area contributed by atoms with Gasteiger partial charge in [-0.1, -0.05) is 0 Å². The predicted octanol–water partition coefficient (Wildman–Crippen LogP) is 2.48. The van der Waals surface area contributed by atoms with E-state index in [-0.39, 0.29) is 14.9 Å². The summed E-state index contributed by atoms with van der Waals surface area (Å²) in [6, 6.07) is 1.96. The molecule has 0 amide bonds. The Balaban J connectivity index is 3.41. The molecule has 0 aliphatic carbocycles. The summed E-state index contributed by atoms with van der Waals surface area (Å²) >= 11 is 2.90. The molecule has 0 atom stereocenters. The van der Waals surface area contributed by atoms with E-state index in [1.165, 1.54) is 0 Å². The van der Waals surface area contributed by atoms with Crippen molar-refractivity contribution in [2.75, 3.05) is 0 Å². The van der Waals surface area contributed by atoms with Gasteiger partial charge in [0.25, 0.3) is 0 Å². The van der Waals surface area contributed by atoms with Crippen LogP contribution >= 0.6 is 15.9 Å². The molecule has 0 aliphatic rings. The fourth-order valence-electron chi connectivity index (χ4n) is 1.33. The normalized spacial score (nSPS) is 12.5. The molecular weight excluding hydrogens is 325 g/mol. The zero-order chi connectivity index (χ0) is 14.1. The van der Waals surface area contributed by atoms with Gasteiger partial charge in [0.1, 0.15) is 5.82 Å². The summed E-state index contributed by atoms with van der Waals surface area (Å²) < 4.78 is 39.8. The molecule has 100 valence electrons. The lowest BCUT2D eigenvalue weighted by atomic mass is 10.1. The third-order valence-electron chi connectivity index (χ3n) is 1.91. The average Bonchev–Trinajstić information content (AvgIpc) is 2.17. The Kier molecular flexibility index (Phi) is 4.30. The van der Waals surface area contributed by atoms with Gasteiger partial charge in [-0.25, -0.2) is 17.5 Å². The molecule has 0 radical (unpaired) electrons. The van der Waals surface area contributed by atoms with Crippen molar-refractivity contribution in [3.05, 3.63) is 28.0 Å². The highest BCUT2D eigenvalue weighted by atomic mass is 79.9. The molecule has 0 fully saturated rings. The number of rotatable bonds is 3. The van der Waals surface area contributed by atoms with Crippen LogP contribution in [0.15, 0.2) is 21.5 Å². The number of aldehydes is 1. The van der Waals surface area contributed by atoms with Crippen molar-refractivity contribution in [2.24, 2.45) is 0 Å². The number of benzene rings is 1. The summed E-state index contributed by atoms with van der Waals surface area (Å²) in [5.74, 6) is -0.688. The standard InChI is InChI=1S/C11H13BrFNO3S/c1-11(2,3)14-18(16,17)10-5-8(12)9(13)4-7(10)6-15/h4-6,14H,1-3H3. The van der Waals surface area contributed by atoms with Crippen molar-refractivity contribution in [1.29, 1.82) is 0 Å². The van der Waals surface area contributed by atoms with E-state index in [9.17, 15) is 17.6 Å². The lowest BCUT2D eigenvalue weighted by Gasteiger charge is -2.21. The van der Waals surface area contributed by atoms with Gasteiger partial charge in [-0.05, 0) is 48.8 Å². The Morgan fingerprint density at radius 1 is 1.33 bits per heavy atom. The highest BCUT2D eigenvalue weighted by Gasteiger charge is 2.25. The number of halogens is 2. The molecule has 1 N–H and O–H groups in total. The summed E-state index contributed by atoms with van der Waals surface area (Å²) in [6.07, 6.45) is 0.312. The second-order valence-electron chi connectivity index (χ2n) is 4.78. The van der Waals surface area contributed by atoms with Crippen molar-refractivity contribution < 1.29 is 17.6 Å². The van der Waals surface area contributed by atoms with Gasteiger partial charge in [-0.2, -0.15) is 0 Å². The lowest BCUT2D eigenvalue weighted by Crippen LogP contribution is -2.40. The summed E-state index contributed by atoms with van der Waals surface area (Å²) in [6.45, 7) is 5.01. The van der Waals surface area contributed by atoms with Gasteiger partial charge in [0.15, 0.2) is 6.29 Å². The maximum Gasteiger partial charge on any atom is 0.241 e. The first kappa shape index (κ1) is 15.3. The summed E-state index contributed by atoms with van der Waals surface area (Å²) in [7, 11) is -3.88. The second-order valence-corrected chi connectivity index (χ2v) is 7.28. The molecule has 4 nitrogen and oxygen atoms in total. The Bertz CT molecular complexity index is 579. The van der Waals surface area contributed by atoms with Crippen LogP contribution in [0, 0.1) is 5.82 Å². The molecule has 0 unspecified atom stereocenters. The SMILES string of the molecule is CC(C)(C)NS(=O)(=O)c1cc(Br)c(F)cc1C=O. The van der Waals surface area contributed by atoms with Crippen molar-refractivity contribution in [3.63, 3.8) is 0 Å². The largest absolute Gasteiger partial charge is 0.298 e. The number of hydrogen-bond acceptors (Lipinski definition) is 3. The number of carbonyl (C=O) groups excluding carboxylic acids is 1. The van der Waals surface area contributed by atoms with Gasteiger partial charge in [0.2, 0.25) is 10.0 Å². The van der Waals surface area contributed by atoms with Crippen molar-refractivity contribution >= 4 is 32.2 Å². The lowest BCUT2D eigenvalue weighted by molar-refractivity contribution is 0.112. The van der Waals surface area contributed by atoms with Crippen LogP contribution < -0.4 is 4.72 Å². The first-order chi connectivity index (χ1) is 8.07. The van der Waals surface area contributed by atoms with Crippen molar-refractivity contribution in [3.8, 4) is 0 Å². The molecule has 1 aromatic carbocycles. The maximum atomic E-state index is 13.3. The molecule has 1 aromatic rings. The summed E-state index contributed by atoms with van der Waals surface area (Å²) in [5, 5.41) is 0. The first-order valence-electron chi connectivity index (χ1n) is 5.05. The Morgan fingerprint density at radius 2 is 1.89 bits per heavy atom. The predicted molar refractivity (Wildman–Crippen MR) is 69.6 cm³/mol. The molecule has 0 aliphatic heterocycles. The number of nitrogens with one attached hydrogen (secondary N) is 1. The van der Waals surface area contributed by atoms with Crippen LogP contribution in [-0.2, 0) is 10.0 Å². The minimum Gasteiger partial charge on any atom is -0.298 e. The Morgan fingerprint density at radius 3 is 2.33 bits per heavy atom.